The number of unbranched alkanes of at least 4 members (excludes halogenated alkanes) is 1. The van der Waals surface area contributed by atoms with E-state index in [1.807, 2.05) is 0 Å². The van der Waals surface area contributed by atoms with Gasteiger partial charge in [-0.1, -0.05) is 0 Å². The number of nitro benzene ring substituents is 1. The smallest absolute Gasteiger partial charge is 0.311 e. The topological polar surface area (TPSA) is 82.9 Å². The lowest BCUT2D eigenvalue weighted by atomic mass is 10.2. The molecule has 0 heterocycles. The van der Waals surface area contributed by atoms with Crippen molar-refractivity contribution in [2.24, 2.45) is 0 Å². The van der Waals surface area contributed by atoms with Crippen molar-refractivity contribution in [1.29, 1.82) is 0 Å². The number of rotatable bonds is 11. The largest absolute Gasteiger partial charge is 0.490 e. The minimum absolute atomic E-state index is 0.0328. The second kappa shape index (κ2) is 9.95. The monoisotopic (exact) mass is 298 g/mol. The molecule has 0 aliphatic rings. The number of nitro groups is 1. The van der Waals surface area contributed by atoms with Crippen LogP contribution in [0.4, 0.5) is 11.4 Å². The summed E-state index contributed by atoms with van der Waals surface area (Å²) in [6.07, 6.45) is 1.90. The SMILES string of the molecule is COCCOCCCCNc1ccc([N+](=O)[O-])c(OC)c1. The maximum absolute atomic E-state index is 10.8. The van der Waals surface area contributed by atoms with Gasteiger partial charge in [0.1, 0.15) is 0 Å². The molecule has 0 amide bonds. The van der Waals surface area contributed by atoms with Crippen LogP contribution in [0.25, 0.3) is 0 Å². The summed E-state index contributed by atoms with van der Waals surface area (Å²) < 4.78 is 15.3. The molecule has 0 fully saturated rings. The van der Waals surface area contributed by atoms with E-state index < -0.39 is 4.92 Å². The van der Waals surface area contributed by atoms with Crippen molar-refractivity contribution in [2.75, 3.05) is 45.9 Å². The highest BCUT2D eigenvalue weighted by atomic mass is 16.6. The second-order valence-electron chi connectivity index (χ2n) is 4.38. The Morgan fingerprint density at radius 2 is 2.00 bits per heavy atom. The molecule has 0 atom stereocenters. The number of nitrogens with one attached hydrogen (secondary N) is 1. The molecule has 0 aliphatic heterocycles. The summed E-state index contributed by atoms with van der Waals surface area (Å²) in [5.41, 5.74) is 0.771. The van der Waals surface area contributed by atoms with E-state index in [4.69, 9.17) is 14.2 Å². The molecule has 7 heteroatoms. The first-order valence-electron chi connectivity index (χ1n) is 6.82. The third-order valence-electron chi connectivity index (χ3n) is 2.85. The van der Waals surface area contributed by atoms with Crippen LogP contribution in [0.2, 0.25) is 0 Å². The van der Waals surface area contributed by atoms with E-state index in [0.29, 0.717) is 19.8 Å². The number of hydrogen-bond donors (Lipinski definition) is 1. The van der Waals surface area contributed by atoms with Crippen LogP contribution in [0, 0.1) is 10.1 Å². The van der Waals surface area contributed by atoms with Gasteiger partial charge in [-0.15, -0.1) is 0 Å². The minimum atomic E-state index is -0.458. The molecule has 0 unspecified atom stereocenters. The first kappa shape index (κ1) is 17.2. The van der Waals surface area contributed by atoms with Crippen LogP contribution < -0.4 is 10.1 Å². The molecule has 21 heavy (non-hydrogen) atoms. The van der Waals surface area contributed by atoms with Crippen LogP contribution in [0.1, 0.15) is 12.8 Å². The van der Waals surface area contributed by atoms with Gasteiger partial charge in [0.25, 0.3) is 0 Å². The van der Waals surface area contributed by atoms with Gasteiger partial charge in [0.05, 0.1) is 25.2 Å². The van der Waals surface area contributed by atoms with E-state index in [1.54, 1.807) is 19.2 Å². The first-order valence-corrected chi connectivity index (χ1v) is 6.82. The number of anilines is 1. The van der Waals surface area contributed by atoms with Gasteiger partial charge in [-0.3, -0.25) is 10.1 Å². The second-order valence-corrected chi connectivity index (χ2v) is 4.38. The summed E-state index contributed by atoms with van der Waals surface area (Å²) in [4.78, 5) is 10.3. The van der Waals surface area contributed by atoms with Crippen molar-refractivity contribution in [3.05, 3.63) is 28.3 Å². The molecule has 0 saturated carbocycles. The minimum Gasteiger partial charge on any atom is -0.490 e. The Balaban J connectivity index is 2.28. The summed E-state index contributed by atoms with van der Waals surface area (Å²) in [7, 11) is 3.06. The highest BCUT2D eigenvalue weighted by Crippen LogP contribution is 2.29. The molecule has 1 aromatic rings. The van der Waals surface area contributed by atoms with Crippen molar-refractivity contribution in [1.82, 2.24) is 0 Å². The molecule has 1 aromatic carbocycles. The zero-order chi connectivity index (χ0) is 15.5. The van der Waals surface area contributed by atoms with Crippen LogP contribution in [0.5, 0.6) is 5.75 Å². The third kappa shape index (κ3) is 6.42. The van der Waals surface area contributed by atoms with Crippen LogP contribution in [0.3, 0.4) is 0 Å². The van der Waals surface area contributed by atoms with E-state index in [2.05, 4.69) is 5.32 Å². The lowest BCUT2D eigenvalue weighted by Gasteiger charge is -2.08. The Bertz CT molecular complexity index is 439. The van der Waals surface area contributed by atoms with E-state index in [0.717, 1.165) is 25.1 Å². The zero-order valence-corrected chi connectivity index (χ0v) is 12.5. The quantitative estimate of drug-likeness (QED) is 0.384. The molecule has 1 N–H and O–H groups in total. The number of nitrogens with zero attached hydrogens (tertiary/aromatic N) is 1. The van der Waals surface area contributed by atoms with Gasteiger partial charge < -0.3 is 19.5 Å². The first-order chi connectivity index (χ1) is 10.2. The van der Waals surface area contributed by atoms with Crippen molar-refractivity contribution in [2.45, 2.75) is 12.8 Å². The highest BCUT2D eigenvalue weighted by molar-refractivity contribution is 5.57. The van der Waals surface area contributed by atoms with E-state index >= 15 is 0 Å². The molecule has 0 saturated heterocycles. The van der Waals surface area contributed by atoms with Gasteiger partial charge in [-0.25, -0.2) is 0 Å². The molecular formula is C14H22N2O5. The number of ether oxygens (including phenoxy) is 3. The Morgan fingerprint density at radius 3 is 2.67 bits per heavy atom. The summed E-state index contributed by atoms with van der Waals surface area (Å²) in [5.74, 6) is 0.257. The van der Waals surface area contributed by atoms with Gasteiger partial charge in [0.15, 0.2) is 5.75 Å². The Labute approximate surface area is 124 Å². The number of benzene rings is 1. The molecule has 0 aromatic heterocycles. The lowest BCUT2D eigenvalue weighted by molar-refractivity contribution is -0.385. The van der Waals surface area contributed by atoms with Crippen molar-refractivity contribution < 1.29 is 19.1 Å². The van der Waals surface area contributed by atoms with E-state index in [1.165, 1.54) is 13.2 Å². The van der Waals surface area contributed by atoms with Gasteiger partial charge in [0.2, 0.25) is 0 Å². The van der Waals surface area contributed by atoms with Crippen molar-refractivity contribution in [3.63, 3.8) is 0 Å². The van der Waals surface area contributed by atoms with Gasteiger partial charge in [-0.05, 0) is 18.9 Å². The molecule has 1 rings (SSSR count). The predicted octanol–water partition coefficient (Wildman–Crippen LogP) is 2.46. The molecule has 0 spiro atoms. The third-order valence-corrected chi connectivity index (χ3v) is 2.85. The summed E-state index contributed by atoms with van der Waals surface area (Å²) in [5, 5.41) is 14.0. The number of hydrogen-bond acceptors (Lipinski definition) is 6. The lowest BCUT2D eigenvalue weighted by Crippen LogP contribution is -2.06. The van der Waals surface area contributed by atoms with Gasteiger partial charge in [-0.2, -0.15) is 0 Å². The Kier molecular flexibility index (Phi) is 8.15. The Hall–Kier alpha value is -1.86. The molecule has 0 radical (unpaired) electrons. The summed E-state index contributed by atoms with van der Waals surface area (Å²) in [6, 6.07) is 4.75. The fraction of sp³-hybridized carbons (Fsp3) is 0.571. The standard InChI is InChI=1S/C14H22N2O5/c1-19-9-10-21-8-4-3-7-15-12-5-6-13(16(17)18)14(11-12)20-2/h5-6,11,15H,3-4,7-10H2,1-2H3. The van der Waals surface area contributed by atoms with E-state index in [-0.39, 0.29) is 11.4 Å². The molecule has 118 valence electrons. The fourth-order valence-corrected chi connectivity index (χ4v) is 1.74. The molecule has 0 aliphatic carbocycles. The summed E-state index contributed by atoms with van der Waals surface area (Å²) in [6.45, 7) is 2.70. The van der Waals surface area contributed by atoms with E-state index in [9.17, 15) is 10.1 Å². The zero-order valence-electron chi connectivity index (χ0n) is 12.5. The fourth-order valence-electron chi connectivity index (χ4n) is 1.74. The Morgan fingerprint density at radius 1 is 1.19 bits per heavy atom. The highest BCUT2D eigenvalue weighted by Gasteiger charge is 2.14. The maximum atomic E-state index is 10.8. The van der Waals surface area contributed by atoms with Crippen LogP contribution in [-0.2, 0) is 9.47 Å². The van der Waals surface area contributed by atoms with Gasteiger partial charge in [0, 0.05) is 38.1 Å². The molecule has 0 bridgehead atoms. The van der Waals surface area contributed by atoms with Crippen molar-refractivity contribution >= 4 is 11.4 Å². The average Bonchev–Trinajstić information content (AvgIpc) is 2.49. The molecular weight excluding hydrogens is 276 g/mol. The van der Waals surface area contributed by atoms with Gasteiger partial charge >= 0.3 is 5.69 Å². The predicted molar refractivity (Wildman–Crippen MR) is 80.1 cm³/mol. The maximum Gasteiger partial charge on any atom is 0.311 e. The number of methoxy groups -OCH3 is 2. The van der Waals surface area contributed by atoms with Crippen LogP contribution >= 0.6 is 0 Å². The normalized spacial score (nSPS) is 10.4. The molecule has 7 nitrogen and oxygen atoms in total. The summed E-state index contributed by atoms with van der Waals surface area (Å²) >= 11 is 0. The van der Waals surface area contributed by atoms with Crippen LogP contribution in [-0.4, -0.2) is 45.5 Å². The van der Waals surface area contributed by atoms with Crippen molar-refractivity contribution in [3.8, 4) is 5.75 Å². The van der Waals surface area contributed by atoms with Crippen LogP contribution in [0.15, 0.2) is 18.2 Å². The average molecular weight is 298 g/mol.